The largest absolute Gasteiger partial charge is 0.458 e. The monoisotopic (exact) mass is 284 g/mol. The van der Waals surface area contributed by atoms with E-state index in [0.717, 1.165) is 14.4 Å². The lowest BCUT2D eigenvalue weighted by atomic mass is 10.1. The molecule has 0 aromatic carbocycles. The van der Waals surface area contributed by atoms with Gasteiger partial charge in [0.15, 0.2) is 5.76 Å². The van der Waals surface area contributed by atoms with Gasteiger partial charge >= 0.3 is 0 Å². The summed E-state index contributed by atoms with van der Waals surface area (Å²) in [4.78, 5) is 13.0. The lowest BCUT2D eigenvalue weighted by molar-refractivity contribution is 0.101. The van der Waals surface area contributed by atoms with Gasteiger partial charge < -0.3 is 4.42 Å². The SMILES string of the molecule is Cc1ccc(C(=O)c2cc(Br)sc2C)o1. The Hall–Kier alpha value is -0.870. The third kappa shape index (κ3) is 2.06. The molecule has 2 aromatic heterocycles. The summed E-state index contributed by atoms with van der Waals surface area (Å²) in [5, 5.41) is 0. The smallest absolute Gasteiger partial charge is 0.229 e. The molecule has 0 atom stereocenters. The fourth-order valence-corrected chi connectivity index (χ4v) is 3.05. The number of carbonyl (C=O) groups excluding carboxylic acids is 1. The van der Waals surface area contributed by atoms with Crippen LogP contribution in [0.25, 0.3) is 0 Å². The standard InChI is InChI=1S/C11H9BrO2S/c1-6-3-4-9(14-6)11(13)8-5-10(12)15-7(8)2/h3-5H,1-2H3. The van der Waals surface area contributed by atoms with Crippen molar-refractivity contribution in [3.63, 3.8) is 0 Å². The average molecular weight is 285 g/mol. The fraction of sp³-hybridized carbons (Fsp3) is 0.182. The molecule has 0 spiro atoms. The molecular formula is C11H9BrO2S. The fourth-order valence-electron chi connectivity index (χ4n) is 1.36. The van der Waals surface area contributed by atoms with E-state index in [4.69, 9.17) is 4.42 Å². The second-order valence-corrected chi connectivity index (χ2v) is 5.90. The number of aryl methyl sites for hydroxylation is 2. The Kier molecular flexibility index (Phi) is 2.80. The Morgan fingerprint density at radius 1 is 1.40 bits per heavy atom. The van der Waals surface area contributed by atoms with Crippen molar-refractivity contribution in [2.75, 3.05) is 0 Å². The van der Waals surface area contributed by atoms with Gasteiger partial charge in [-0.1, -0.05) is 0 Å². The van der Waals surface area contributed by atoms with E-state index in [1.165, 1.54) is 0 Å². The van der Waals surface area contributed by atoms with Crippen LogP contribution in [0.2, 0.25) is 0 Å². The van der Waals surface area contributed by atoms with Crippen LogP contribution in [0, 0.1) is 13.8 Å². The molecule has 4 heteroatoms. The van der Waals surface area contributed by atoms with Crippen LogP contribution in [0.3, 0.4) is 0 Å². The first-order valence-electron chi connectivity index (χ1n) is 4.45. The molecule has 0 saturated heterocycles. The molecule has 0 aliphatic rings. The molecule has 0 aliphatic heterocycles. The van der Waals surface area contributed by atoms with E-state index in [1.807, 2.05) is 19.9 Å². The van der Waals surface area contributed by atoms with Gasteiger partial charge in [-0.15, -0.1) is 11.3 Å². The summed E-state index contributed by atoms with van der Waals surface area (Å²) in [5.74, 6) is 1.11. The Bertz CT molecular complexity index is 510. The normalized spacial score (nSPS) is 10.6. The maximum Gasteiger partial charge on any atom is 0.229 e. The van der Waals surface area contributed by atoms with Gasteiger partial charge in [0, 0.05) is 10.4 Å². The van der Waals surface area contributed by atoms with Crippen LogP contribution in [0.15, 0.2) is 26.4 Å². The molecule has 2 aromatic rings. The van der Waals surface area contributed by atoms with Gasteiger partial charge in [-0.25, -0.2) is 0 Å². The number of furan rings is 1. The second kappa shape index (κ2) is 3.94. The predicted molar refractivity (Wildman–Crippen MR) is 63.6 cm³/mol. The lowest BCUT2D eigenvalue weighted by Crippen LogP contribution is -1.99. The van der Waals surface area contributed by atoms with Gasteiger partial charge in [-0.3, -0.25) is 4.79 Å². The van der Waals surface area contributed by atoms with Crippen molar-refractivity contribution < 1.29 is 9.21 Å². The van der Waals surface area contributed by atoms with E-state index in [9.17, 15) is 4.79 Å². The highest BCUT2D eigenvalue weighted by Crippen LogP contribution is 2.28. The van der Waals surface area contributed by atoms with Crippen LogP contribution in [-0.2, 0) is 0 Å². The summed E-state index contributed by atoms with van der Waals surface area (Å²) < 4.78 is 6.27. The maximum atomic E-state index is 12.0. The van der Waals surface area contributed by atoms with Crippen LogP contribution in [-0.4, -0.2) is 5.78 Å². The Balaban J connectivity index is 2.40. The van der Waals surface area contributed by atoms with Crippen molar-refractivity contribution in [2.24, 2.45) is 0 Å². The van der Waals surface area contributed by atoms with Crippen molar-refractivity contribution in [3.8, 4) is 0 Å². The van der Waals surface area contributed by atoms with Crippen molar-refractivity contribution >= 4 is 33.0 Å². The molecule has 15 heavy (non-hydrogen) atoms. The minimum Gasteiger partial charge on any atom is -0.458 e. The van der Waals surface area contributed by atoms with Gasteiger partial charge in [-0.05, 0) is 48.0 Å². The summed E-state index contributed by atoms with van der Waals surface area (Å²) in [6, 6.07) is 5.34. The van der Waals surface area contributed by atoms with Crippen LogP contribution < -0.4 is 0 Å². The Morgan fingerprint density at radius 3 is 2.60 bits per heavy atom. The molecule has 2 rings (SSSR count). The van der Waals surface area contributed by atoms with Gasteiger partial charge in [0.1, 0.15) is 5.76 Å². The lowest BCUT2D eigenvalue weighted by Gasteiger charge is -1.94. The zero-order valence-electron chi connectivity index (χ0n) is 8.33. The number of carbonyl (C=O) groups is 1. The highest BCUT2D eigenvalue weighted by molar-refractivity contribution is 9.11. The van der Waals surface area contributed by atoms with Crippen LogP contribution in [0.4, 0.5) is 0 Å². The predicted octanol–water partition coefficient (Wildman–Crippen LogP) is 3.95. The van der Waals surface area contributed by atoms with E-state index < -0.39 is 0 Å². The number of hydrogen-bond acceptors (Lipinski definition) is 3. The topological polar surface area (TPSA) is 30.2 Å². The zero-order chi connectivity index (χ0) is 11.0. The quantitative estimate of drug-likeness (QED) is 0.782. The minimum absolute atomic E-state index is 0.0532. The zero-order valence-corrected chi connectivity index (χ0v) is 10.7. The molecule has 0 aliphatic carbocycles. The minimum atomic E-state index is -0.0532. The number of ketones is 1. The molecule has 0 N–H and O–H groups in total. The van der Waals surface area contributed by atoms with E-state index in [1.54, 1.807) is 23.5 Å². The molecular weight excluding hydrogens is 276 g/mol. The van der Waals surface area contributed by atoms with Crippen molar-refractivity contribution in [2.45, 2.75) is 13.8 Å². The van der Waals surface area contributed by atoms with Crippen LogP contribution in [0.5, 0.6) is 0 Å². The summed E-state index contributed by atoms with van der Waals surface area (Å²) in [5.41, 5.74) is 0.709. The molecule has 2 nitrogen and oxygen atoms in total. The second-order valence-electron chi connectivity index (χ2n) is 3.26. The van der Waals surface area contributed by atoms with Gasteiger partial charge in [0.05, 0.1) is 3.79 Å². The Morgan fingerprint density at radius 2 is 2.13 bits per heavy atom. The molecule has 0 unspecified atom stereocenters. The number of hydrogen-bond donors (Lipinski definition) is 0. The molecule has 78 valence electrons. The maximum absolute atomic E-state index is 12.0. The first kappa shape index (κ1) is 10.6. The average Bonchev–Trinajstić information content (AvgIpc) is 2.71. The summed E-state index contributed by atoms with van der Waals surface area (Å²) in [7, 11) is 0. The first-order chi connectivity index (χ1) is 7.08. The molecule has 0 amide bonds. The molecule has 0 saturated carbocycles. The van der Waals surface area contributed by atoms with Crippen LogP contribution in [0.1, 0.15) is 26.8 Å². The van der Waals surface area contributed by atoms with Crippen molar-refractivity contribution in [3.05, 3.63) is 43.9 Å². The molecule has 0 radical (unpaired) electrons. The first-order valence-corrected chi connectivity index (χ1v) is 6.06. The summed E-state index contributed by atoms with van der Waals surface area (Å²) in [6.07, 6.45) is 0. The summed E-state index contributed by atoms with van der Waals surface area (Å²) >= 11 is 4.92. The van der Waals surface area contributed by atoms with Crippen molar-refractivity contribution in [1.29, 1.82) is 0 Å². The van der Waals surface area contributed by atoms with E-state index in [0.29, 0.717) is 11.3 Å². The van der Waals surface area contributed by atoms with Crippen LogP contribution >= 0.6 is 27.3 Å². The highest BCUT2D eigenvalue weighted by Gasteiger charge is 2.17. The highest BCUT2D eigenvalue weighted by atomic mass is 79.9. The molecule has 2 heterocycles. The third-order valence-corrected chi connectivity index (χ3v) is 3.65. The third-order valence-electron chi connectivity index (χ3n) is 2.10. The van der Waals surface area contributed by atoms with E-state index >= 15 is 0 Å². The number of rotatable bonds is 2. The Labute approximate surface area is 100 Å². The van der Waals surface area contributed by atoms with Gasteiger partial charge in [0.2, 0.25) is 5.78 Å². The van der Waals surface area contributed by atoms with E-state index in [2.05, 4.69) is 15.9 Å². The molecule has 0 bridgehead atoms. The van der Waals surface area contributed by atoms with E-state index in [-0.39, 0.29) is 5.78 Å². The molecule has 0 fully saturated rings. The van der Waals surface area contributed by atoms with Crippen molar-refractivity contribution in [1.82, 2.24) is 0 Å². The number of halogens is 1. The van der Waals surface area contributed by atoms with Gasteiger partial charge in [-0.2, -0.15) is 0 Å². The van der Waals surface area contributed by atoms with Gasteiger partial charge in [0.25, 0.3) is 0 Å². The number of thiophene rings is 1. The summed E-state index contributed by atoms with van der Waals surface area (Å²) in [6.45, 7) is 3.76.